The maximum atomic E-state index is 9.31. The third-order valence-corrected chi connectivity index (χ3v) is 3.09. The molecule has 106 valence electrons. The predicted molar refractivity (Wildman–Crippen MR) is 79.9 cm³/mol. The second kappa shape index (κ2) is 5.16. The zero-order valence-corrected chi connectivity index (χ0v) is 11.4. The number of anilines is 1. The molecule has 6 nitrogen and oxygen atoms in total. The number of ether oxygens (including phenoxy) is 1. The first kappa shape index (κ1) is 13.0. The van der Waals surface area contributed by atoms with Gasteiger partial charge in [-0.2, -0.15) is 5.10 Å². The number of nitrogens with one attached hydrogen (secondary N) is 1. The normalized spacial score (nSPS) is 10.5. The molecule has 0 aliphatic heterocycles. The highest BCUT2D eigenvalue weighted by atomic mass is 16.5. The van der Waals surface area contributed by atoms with E-state index in [-0.39, 0.29) is 5.75 Å². The van der Waals surface area contributed by atoms with Gasteiger partial charge in [-0.25, -0.2) is 4.98 Å². The third kappa shape index (κ3) is 2.51. The van der Waals surface area contributed by atoms with E-state index in [4.69, 9.17) is 10.5 Å². The Bertz CT molecular complexity index is 766. The second-order valence-electron chi connectivity index (χ2n) is 4.51. The molecule has 2 aromatic carbocycles. The monoisotopic (exact) mass is 282 g/mol. The maximum absolute atomic E-state index is 9.31. The Hall–Kier alpha value is -3.02. The topological polar surface area (TPSA) is 97.1 Å². The van der Waals surface area contributed by atoms with Gasteiger partial charge in [-0.05, 0) is 42.5 Å². The van der Waals surface area contributed by atoms with Crippen LogP contribution in [-0.2, 0) is 0 Å². The zero-order valence-electron chi connectivity index (χ0n) is 11.4. The standard InChI is InChI=1S/C15H14N4O2/c1-21-13-7-4-10(16)8-12(13)15-17-14(18-19-15)9-2-5-11(20)6-3-9/h2-8,20H,16H2,1H3,(H,17,18,19). The molecule has 6 heteroatoms. The van der Waals surface area contributed by atoms with E-state index in [1.165, 1.54) is 0 Å². The molecule has 4 N–H and O–H groups in total. The van der Waals surface area contributed by atoms with Crippen LogP contribution in [0.1, 0.15) is 0 Å². The van der Waals surface area contributed by atoms with Gasteiger partial charge in [-0.1, -0.05) is 0 Å². The molecule has 0 fully saturated rings. The van der Waals surface area contributed by atoms with Crippen molar-refractivity contribution in [3.8, 4) is 34.3 Å². The fourth-order valence-electron chi connectivity index (χ4n) is 2.03. The van der Waals surface area contributed by atoms with Crippen molar-refractivity contribution in [3.63, 3.8) is 0 Å². The molecular formula is C15H14N4O2. The van der Waals surface area contributed by atoms with Crippen molar-refractivity contribution in [2.24, 2.45) is 0 Å². The molecule has 1 aromatic heterocycles. The highest BCUT2D eigenvalue weighted by Crippen LogP contribution is 2.30. The van der Waals surface area contributed by atoms with E-state index in [9.17, 15) is 5.11 Å². The number of aromatic hydroxyl groups is 1. The molecule has 0 bridgehead atoms. The quantitative estimate of drug-likeness (QED) is 0.641. The van der Waals surface area contributed by atoms with Crippen LogP contribution in [0.5, 0.6) is 11.5 Å². The SMILES string of the molecule is COc1ccc(N)cc1-c1nc(-c2ccc(O)cc2)n[nH]1. The molecule has 0 aliphatic carbocycles. The molecule has 3 rings (SSSR count). The van der Waals surface area contributed by atoms with Crippen LogP contribution in [0, 0.1) is 0 Å². The van der Waals surface area contributed by atoms with Gasteiger partial charge in [0.25, 0.3) is 0 Å². The minimum Gasteiger partial charge on any atom is -0.508 e. The Morgan fingerprint density at radius 1 is 1.14 bits per heavy atom. The summed E-state index contributed by atoms with van der Waals surface area (Å²) >= 11 is 0. The molecule has 1 heterocycles. The highest BCUT2D eigenvalue weighted by Gasteiger charge is 2.12. The van der Waals surface area contributed by atoms with Gasteiger partial charge in [-0.15, -0.1) is 0 Å². The summed E-state index contributed by atoms with van der Waals surface area (Å²) < 4.78 is 5.31. The summed E-state index contributed by atoms with van der Waals surface area (Å²) in [5.41, 5.74) is 7.98. The largest absolute Gasteiger partial charge is 0.508 e. The van der Waals surface area contributed by atoms with Crippen molar-refractivity contribution < 1.29 is 9.84 Å². The molecule has 0 spiro atoms. The molecule has 0 saturated heterocycles. The van der Waals surface area contributed by atoms with E-state index < -0.39 is 0 Å². The van der Waals surface area contributed by atoms with E-state index in [0.29, 0.717) is 23.1 Å². The zero-order chi connectivity index (χ0) is 14.8. The van der Waals surface area contributed by atoms with E-state index in [0.717, 1.165) is 11.1 Å². The number of nitrogen functional groups attached to an aromatic ring is 1. The van der Waals surface area contributed by atoms with Crippen molar-refractivity contribution >= 4 is 5.69 Å². The Morgan fingerprint density at radius 2 is 1.90 bits per heavy atom. The summed E-state index contributed by atoms with van der Waals surface area (Å²) in [5, 5.41) is 16.4. The lowest BCUT2D eigenvalue weighted by Gasteiger charge is -2.06. The Balaban J connectivity index is 2.02. The van der Waals surface area contributed by atoms with Crippen molar-refractivity contribution in [1.82, 2.24) is 15.2 Å². The van der Waals surface area contributed by atoms with Gasteiger partial charge < -0.3 is 15.6 Å². The van der Waals surface area contributed by atoms with Crippen LogP contribution in [0.25, 0.3) is 22.8 Å². The number of phenolic OH excluding ortho intramolecular Hbond substituents is 1. The van der Waals surface area contributed by atoms with E-state index >= 15 is 0 Å². The van der Waals surface area contributed by atoms with Gasteiger partial charge in [-0.3, -0.25) is 5.10 Å². The van der Waals surface area contributed by atoms with Crippen LogP contribution >= 0.6 is 0 Å². The molecule has 0 aliphatic rings. The van der Waals surface area contributed by atoms with Gasteiger partial charge in [0.05, 0.1) is 12.7 Å². The van der Waals surface area contributed by atoms with Gasteiger partial charge in [0.1, 0.15) is 11.5 Å². The number of rotatable bonds is 3. The number of methoxy groups -OCH3 is 1. The molecule has 0 amide bonds. The van der Waals surface area contributed by atoms with Gasteiger partial charge in [0.2, 0.25) is 0 Å². The smallest absolute Gasteiger partial charge is 0.181 e. The van der Waals surface area contributed by atoms with Gasteiger partial charge in [0.15, 0.2) is 11.6 Å². The second-order valence-corrected chi connectivity index (χ2v) is 4.51. The average molecular weight is 282 g/mol. The molecular weight excluding hydrogens is 268 g/mol. The van der Waals surface area contributed by atoms with E-state index in [2.05, 4.69) is 15.2 Å². The first-order chi connectivity index (χ1) is 10.2. The first-order valence-electron chi connectivity index (χ1n) is 6.33. The molecule has 3 aromatic rings. The van der Waals surface area contributed by atoms with Crippen molar-refractivity contribution in [2.75, 3.05) is 12.8 Å². The van der Waals surface area contributed by atoms with Crippen LogP contribution < -0.4 is 10.5 Å². The number of benzene rings is 2. The third-order valence-electron chi connectivity index (χ3n) is 3.09. The number of aromatic amines is 1. The summed E-state index contributed by atoms with van der Waals surface area (Å²) in [6, 6.07) is 12.0. The summed E-state index contributed by atoms with van der Waals surface area (Å²) in [6.07, 6.45) is 0. The maximum Gasteiger partial charge on any atom is 0.181 e. The lowest BCUT2D eigenvalue weighted by Crippen LogP contribution is -1.92. The summed E-state index contributed by atoms with van der Waals surface area (Å²) in [5.74, 6) is 1.97. The highest BCUT2D eigenvalue weighted by molar-refractivity contribution is 5.70. The average Bonchev–Trinajstić information content (AvgIpc) is 2.97. The molecule has 0 radical (unpaired) electrons. The lowest BCUT2D eigenvalue weighted by atomic mass is 10.1. The fraction of sp³-hybridized carbons (Fsp3) is 0.0667. The Morgan fingerprint density at radius 3 is 2.62 bits per heavy atom. The van der Waals surface area contributed by atoms with Gasteiger partial charge >= 0.3 is 0 Å². The fourth-order valence-corrected chi connectivity index (χ4v) is 2.03. The number of nitrogens with zero attached hydrogens (tertiary/aromatic N) is 2. The minimum atomic E-state index is 0.201. The number of H-pyrrole nitrogens is 1. The molecule has 21 heavy (non-hydrogen) atoms. The van der Waals surface area contributed by atoms with Crippen LogP contribution in [-0.4, -0.2) is 27.4 Å². The van der Waals surface area contributed by atoms with Crippen LogP contribution in [0.15, 0.2) is 42.5 Å². The minimum absolute atomic E-state index is 0.201. The molecule has 0 unspecified atom stereocenters. The number of phenols is 1. The Kier molecular flexibility index (Phi) is 3.19. The summed E-state index contributed by atoms with van der Waals surface area (Å²) in [6.45, 7) is 0. The number of nitrogens with two attached hydrogens (primary N) is 1. The Labute approximate surface area is 121 Å². The molecule has 0 saturated carbocycles. The van der Waals surface area contributed by atoms with Crippen molar-refractivity contribution in [1.29, 1.82) is 0 Å². The summed E-state index contributed by atoms with van der Waals surface area (Å²) in [4.78, 5) is 4.45. The summed E-state index contributed by atoms with van der Waals surface area (Å²) in [7, 11) is 1.59. The van der Waals surface area contributed by atoms with E-state index in [1.807, 2.05) is 0 Å². The van der Waals surface area contributed by atoms with Crippen molar-refractivity contribution in [2.45, 2.75) is 0 Å². The van der Waals surface area contributed by atoms with Crippen molar-refractivity contribution in [3.05, 3.63) is 42.5 Å². The van der Waals surface area contributed by atoms with Crippen LogP contribution in [0.4, 0.5) is 5.69 Å². The number of hydrogen-bond acceptors (Lipinski definition) is 5. The van der Waals surface area contributed by atoms with E-state index in [1.54, 1.807) is 49.6 Å². The first-order valence-corrected chi connectivity index (χ1v) is 6.33. The lowest BCUT2D eigenvalue weighted by molar-refractivity contribution is 0.416. The van der Waals surface area contributed by atoms with Crippen LogP contribution in [0.3, 0.4) is 0 Å². The van der Waals surface area contributed by atoms with Crippen LogP contribution in [0.2, 0.25) is 0 Å². The number of aromatic nitrogens is 3. The number of hydrogen-bond donors (Lipinski definition) is 3. The van der Waals surface area contributed by atoms with Gasteiger partial charge in [0, 0.05) is 11.3 Å². The molecule has 0 atom stereocenters. The predicted octanol–water partition coefficient (Wildman–Crippen LogP) is 2.44.